The van der Waals surface area contributed by atoms with Gasteiger partial charge in [-0.3, -0.25) is 9.59 Å². The van der Waals surface area contributed by atoms with Crippen molar-refractivity contribution in [1.82, 2.24) is 10.6 Å². The molecule has 0 aromatic heterocycles. The van der Waals surface area contributed by atoms with Gasteiger partial charge in [0.1, 0.15) is 0 Å². The van der Waals surface area contributed by atoms with Crippen LogP contribution in [-0.2, 0) is 14.3 Å². The third-order valence-electron chi connectivity index (χ3n) is 5.20. The summed E-state index contributed by atoms with van der Waals surface area (Å²) in [6.07, 6.45) is 8.50. The Morgan fingerprint density at radius 2 is 1.86 bits per heavy atom. The largest absolute Gasteiger partial charge is 0.378 e. The first-order valence-corrected chi connectivity index (χ1v) is 8.80. The lowest BCUT2D eigenvalue weighted by Crippen LogP contribution is -2.66. The van der Waals surface area contributed by atoms with Crippen LogP contribution in [0, 0.1) is 5.41 Å². The van der Waals surface area contributed by atoms with E-state index in [9.17, 15) is 9.59 Å². The molecular formula is C17H30N2O3. The molecule has 2 atom stereocenters. The molecule has 2 amide bonds. The van der Waals surface area contributed by atoms with E-state index in [-0.39, 0.29) is 35.9 Å². The molecule has 22 heavy (non-hydrogen) atoms. The van der Waals surface area contributed by atoms with Crippen LogP contribution in [0.25, 0.3) is 0 Å². The van der Waals surface area contributed by atoms with Gasteiger partial charge in [-0.1, -0.05) is 26.2 Å². The van der Waals surface area contributed by atoms with Crippen molar-refractivity contribution in [3.05, 3.63) is 0 Å². The number of rotatable bonds is 7. The van der Waals surface area contributed by atoms with Gasteiger partial charge in [-0.25, -0.2) is 0 Å². The Kier molecular flexibility index (Phi) is 6.24. The van der Waals surface area contributed by atoms with Crippen LogP contribution in [0.3, 0.4) is 0 Å². The van der Waals surface area contributed by atoms with E-state index in [4.69, 9.17) is 4.74 Å². The molecule has 5 nitrogen and oxygen atoms in total. The van der Waals surface area contributed by atoms with Crippen molar-refractivity contribution < 1.29 is 14.3 Å². The maximum Gasteiger partial charge on any atom is 0.239 e. The van der Waals surface area contributed by atoms with Gasteiger partial charge in [0, 0.05) is 24.5 Å². The molecule has 0 aromatic rings. The number of hydrogen-bond acceptors (Lipinski definition) is 3. The Hall–Kier alpha value is -1.10. The summed E-state index contributed by atoms with van der Waals surface area (Å²) in [5.74, 6) is -0.125. The topological polar surface area (TPSA) is 67.4 Å². The van der Waals surface area contributed by atoms with E-state index >= 15 is 0 Å². The molecule has 126 valence electrons. The molecule has 2 aliphatic carbocycles. The fourth-order valence-corrected chi connectivity index (χ4v) is 4.01. The molecule has 2 saturated carbocycles. The van der Waals surface area contributed by atoms with Gasteiger partial charge in [-0.15, -0.1) is 0 Å². The van der Waals surface area contributed by atoms with Crippen LogP contribution in [-0.4, -0.2) is 37.1 Å². The first-order chi connectivity index (χ1) is 10.6. The number of ether oxygens (including phenoxy) is 1. The maximum absolute atomic E-state index is 12.1. The molecule has 2 fully saturated rings. The third kappa shape index (κ3) is 3.80. The highest BCUT2D eigenvalue weighted by molar-refractivity contribution is 5.84. The molecular weight excluding hydrogens is 280 g/mol. The lowest BCUT2D eigenvalue weighted by atomic mass is 9.55. The van der Waals surface area contributed by atoms with Gasteiger partial charge in [0.25, 0.3) is 0 Å². The molecule has 0 saturated heterocycles. The molecule has 2 unspecified atom stereocenters. The van der Waals surface area contributed by atoms with Crippen LogP contribution < -0.4 is 10.6 Å². The van der Waals surface area contributed by atoms with Crippen molar-refractivity contribution in [3.63, 3.8) is 0 Å². The first-order valence-electron chi connectivity index (χ1n) is 8.80. The highest BCUT2D eigenvalue weighted by Crippen LogP contribution is 2.53. The molecule has 0 aromatic carbocycles. The van der Waals surface area contributed by atoms with Crippen LogP contribution in [0.4, 0.5) is 0 Å². The van der Waals surface area contributed by atoms with Crippen molar-refractivity contribution in [2.45, 2.75) is 77.4 Å². The number of amides is 2. The molecule has 0 aliphatic heterocycles. The Labute approximate surface area is 133 Å². The Balaban J connectivity index is 1.83. The van der Waals surface area contributed by atoms with Gasteiger partial charge in [-0.05, 0) is 32.6 Å². The summed E-state index contributed by atoms with van der Waals surface area (Å²) < 4.78 is 5.89. The molecule has 1 spiro atoms. The molecule has 0 bridgehead atoms. The van der Waals surface area contributed by atoms with E-state index in [1.807, 2.05) is 13.8 Å². The Morgan fingerprint density at radius 3 is 2.50 bits per heavy atom. The van der Waals surface area contributed by atoms with Crippen molar-refractivity contribution >= 4 is 11.8 Å². The van der Waals surface area contributed by atoms with Gasteiger partial charge >= 0.3 is 0 Å². The van der Waals surface area contributed by atoms with Gasteiger partial charge in [0.05, 0.1) is 12.6 Å². The highest BCUT2D eigenvalue weighted by atomic mass is 16.5. The minimum atomic E-state index is -0.0747. The Bertz CT molecular complexity index is 391. The van der Waals surface area contributed by atoms with E-state index in [2.05, 4.69) is 10.6 Å². The molecule has 0 radical (unpaired) electrons. The summed E-state index contributed by atoms with van der Waals surface area (Å²) in [5.41, 5.74) is 0.136. The average Bonchev–Trinajstić information content (AvgIpc) is 2.53. The summed E-state index contributed by atoms with van der Waals surface area (Å²) in [5, 5.41) is 5.81. The van der Waals surface area contributed by atoms with Crippen LogP contribution >= 0.6 is 0 Å². The summed E-state index contributed by atoms with van der Waals surface area (Å²) in [6.45, 7) is 4.81. The molecule has 2 N–H and O–H groups in total. The molecule has 0 heterocycles. The first kappa shape index (κ1) is 17.3. The quantitative estimate of drug-likeness (QED) is 0.757. The third-order valence-corrected chi connectivity index (χ3v) is 5.20. The lowest BCUT2D eigenvalue weighted by molar-refractivity contribution is -0.156. The average molecular weight is 310 g/mol. The molecule has 5 heteroatoms. The van der Waals surface area contributed by atoms with Crippen LogP contribution in [0.5, 0.6) is 0 Å². The van der Waals surface area contributed by atoms with Gasteiger partial charge in [0.15, 0.2) is 0 Å². The Morgan fingerprint density at radius 1 is 1.14 bits per heavy atom. The van der Waals surface area contributed by atoms with E-state index in [1.165, 1.54) is 19.3 Å². The second kappa shape index (κ2) is 7.95. The van der Waals surface area contributed by atoms with E-state index in [0.717, 1.165) is 32.3 Å². The number of carbonyl (C=O) groups is 2. The van der Waals surface area contributed by atoms with E-state index < -0.39 is 0 Å². The maximum atomic E-state index is 12.1. The fourth-order valence-electron chi connectivity index (χ4n) is 4.01. The fraction of sp³-hybridized carbons (Fsp3) is 0.882. The summed E-state index contributed by atoms with van der Waals surface area (Å²) in [6, 6.07) is 0.208. The number of hydrogen-bond donors (Lipinski definition) is 2. The predicted molar refractivity (Wildman–Crippen MR) is 85.4 cm³/mol. The van der Waals surface area contributed by atoms with Gasteiger partial charge in [-0.2, -0.15) is 0 Å². The van der Waals surface area contributed by atoms with Crippen LogP contribution in [0.15, 0.2) is 0 Å². The summed E-state index contributed by atoms with van der Waals surface area (Å²) in [4.78, 5) is 23.5. The smallest absolute Gasteiger partial charge is 0.239 e. The van der Waals surface area contributed by atoms with E-state index in [0.29, 0.717) is 6.42 Å². The van der Waals surface area contributed by atoms with Gasteiger partial charge in [0.2, 0.25) is 11.8 Å². The zero-order chi connectivity index (χ0) is 16.0. The monoisotopic (exact) mass is 310 g/mol. The molecule has 2 rings (SSSR count). The molecule has 2 aliphatic rings. The minimum absolute atomic E-state index is 0.0502. The summed E-state index contributed by atoms with van der Waals surface area (Å²) in [7, 11) is 0. The van der Waals surface area contributed by atoms with Crippen molar-refractivity contribution in [2.24, 2.45) is 5.41 Å². The number of nitrogens with one attached hydrogen (secondary N) is 2. The minimum Gasteiger partial charge on any atom is -0.378 e. The predicted octanol–water partition coefficient (Wildman–Crippen LogP) is 2.15. The second-order valence-corrected chi connectivity index (χ2v) is 6.62. The van der Waals surface area contributed by atoms with Crippen LogP contribution in [0.2, 0.25) is 0 Å². The zero-order valence-corrected chi connectivity index (χ0v) is 14.0. The van der Waals surface area contributed by atoms with Crippen molar-refractivity contribution in [3.8, 4) is 0 Å². The van der Waals surface area contributed by atoms with Gasteiger partial charge < -0.3 is 15.4 Å². The van der Waals surface area contributed by atoms with Crippen molar-refractivity contribution in [2.75, 3.05) is 13.2 Å². The van der Waals surface area contributed by atoms with Crippen molar-refractivity contribution in [1.29, 1.82) is 0 Å². The van der Waals surface area contributed by atoms with Crippen LogP contribution in [0.1, 0.15) is 65.2 Å². The summed E-state index contributed by atoms with van der Waals surface area (Å²) >= 11 is 0. The standard InChI is InChI=1S/C17H30N2O3/c1-3-8-15(20)18-12-16(21)19-13-11-14(22-4-2)17(13)9-6-5-7-10-17/h13-14H,3-12H2,1-2H3,(H,18,20)(H,19,21). The normalized spacial score (nSPS) is 26.3. The number of carbonyl (C=O) groups excluding carboxylic acids is 2. The zero-order valence-electron chi connectivity index (χ0n) is 14.0. The highest BCUT2D eigenvalue weighted by Gasteiger charge is 2.56. The lowest BCUT2D eigenvalue weighted by Gasteiger charge is -2.57. The second-order valence-electron chi connectivity index (χ2n) is 6.62. The van der Waals surface area contributed by atoms with E-state index in [1.54, 1.807) is 0 Å². The SMILES string of the molecule is CCCC(=O)NCC(=O)NC1CC(OCC)C12CCCCC2.